The molecule has 0 amide bonds. The largest absolute Gasteiger partial charge is 0.294 e. The van der Waals surface area contributed by atoms with E-state index in [-0.39, 0.29) is 0 Å². The Hall–Kier alpha value is 0.390. The molecule has 8 atom stereocenters. The van der Waals surface area contributed by atoms with E-state index in [9.17, 15) is 0 Å². The van der Waals surface area contributed by atoms with Crippen molar-refractivity contribution in [1.82, 2.24) is 4.90 Å². The average molecular weight is 520 g/mol. The zero-order valence-electron chi connectivity index (χ0n) is 25.0. The maximum absolute atomic E-state index is 3.30. The van der Waals surface area contributed by atoms with E-state index in [0.717, 1.165) is 41.5 Å². The zero-order valence-corrected chi connectivity index (χ0v) is 26.2. The van der Waals surface area contributed by atoms with Crippen molar-refractivity contribution >= 4 is 9.24 Å². The summed E-state index contributed by atoms with van der Waals surface area (Å²) < 4.78 is 0. The van der Waals surface area contributed by atoms with Crippen LogP contribution in [0.2, 0.25) is 0 Å². The van der Waals surface area contributed by atoms with Crippen LogP contribution in [-0.2, 0) is 0 Å². The van der Waals surface area contributed by atoms with Gasteiger partial charge in [0, 0.05) is 18.1 Å². The molecule has 2 heteroatoms. The molecule has 0 radical (unpaired) electrons. The van der Waals surface area contributed by atoms with Gasteiger partial charge in [0.15, 0.2) is 0 Å². The second-order valence-corrected chi connectivity index (χ2v) is 14.8. The van der Waals surface area contributed by atoms with Crippen LogP contribution in [-0.4, -0.2) is 28.7 Å². The predicted octanol–water partition coefficient (Wildman–Crippen LogP) is 10.9. The van der Waals surface area contributed by atoms with E-state index in [1.807, 2.05) is 0 Å². The standard InChI is InChI=1S/C34H66NP/c1-4-30-25-24-28(2)17-15-21-33(27-30)35(32-20-10-7-5-6-9-16-29(3)26-32)31-18-11-8-12-22-34(36)23-14-13-19-31/h28-34H,4-27,36H2,1-3H3. The van der Waals surface area contributed by atoms with Crippen molar-refractivity contribution in [3.05, 3.63) is 0 Å². The first-order valence-electron chi connectivity index (χ1n) is 17.1. The molecule has 0 saturated heterocycles. The van der Waals surface area contributed by atoms with Crippen molar-refractivity contribution in [2.24, 2.45) is 17.8 Å². The molecule has 0 aromatic rings. The first-order chi connectivity index (χ1) is 17.6. The molecule has 0 aromatic heterocycles. The van der Waals surface area contributed by atoms with Crippen molar-refractivity contribution in [1.29, 1.82) is 0 Å². The van der Waals surface area contributed by atoms with Crippen molar-refractivity contribution in [2.75, 3.05) is 0 Å². The van der Waals surface area contributed by atoms with E-state index in [0.29, 0.717) is 0 Å². The van der Waals surface area contributed by atoms with Crippen molar-refractivity contribution in [3.63, 3.8) is 0 Å². The minimum absolute atomic E-state index is 0.850. The predicted molar refractivity (Wildman–Crippen MR) is 165 cm³/mol. The smallest absolute Gasteiger partial charge is 0.0104 e. The second-order valence-electron chi connectivity index (χ2n) is 13.9. The number of hydrogen-bond donors (Lipinski definition) is 0. The quantitative estimate of drug-likeness (QED) is 0.334. The van der Waals surface area contributed by atoms with Gasteiger partial charge in [0.05, 0.1) is 0 Å². The first kappa shape index (κ1) is 30.9. The molecule has 0 spiro atoms. The van der Waals surface area contributed by atoms with Crippen LogP contribution < -0.4 is 0 Å². The highest BCUT2D eigenvalue weighted by Crippen LogP contribution is 2.37. The van der Waals surface area contributed by atoms with Gasteiger partial charge in [-0.05, 0) is 74.8 Å². The summed E-state index contributed by atoms with van der Waals surface area (Å²) in [6, 6.07) is 2.56. The number of rotatable bonds is 4. The van der Waals surface area contributed by atoms with E-state index in [4.69, 9.17) is 0 Å². The molecular weight excluding hydrogens is 453 g/mol. The lowest BCUT2D eigenvalue weighted by Crippen LogP contribution is -2.51. The Morgan fingerprint density at radius 2 is 1.00 bits per heavy atom. The summed E-state index contributed by atoms with van der Waals surface area (Å²) >= 11 is 0. The molecule has 8 unspecified atom stereocenters. The first-order valence-corrected chi connectivity index (χ1v) is 17.8. The lowest BCUT2D eigenvalue weighted by Gasteiger charge is -2.46. The Morgan fingerprint density at radius 1 is 0.500 bits per heavy atom. The van der Waals surface area contributed by atoms with Crippen molar-refractivity contribution in [3.8, 4) is 0 Å². The van der Waals surface area contributed by atoms with E-state index in [1.54, 1.807) is 0 Å². The minimum atomic E-state index is 0.850. The maximum atomic E-state index is 3.30. The highest BCUT2D eigenvalue weighted by atomic mass is 31.0. The molecule has 3 saturated carbocycles. The summed E-state index contributed by atoms with van der Waals surface area (Å²) in [7, 11) is 3.18. The van der Waals surface area contributed by atoms with E-state index in [2.05, 4.69) is 34.9 Å². The SMILES string of the molecule is CCC1CCC(C)CCCC(N(C2CCCCCC(P)CCCC2)C2CCCCCCCC(C)C2)C1. The fraction of sp³-hybridized carbons (Fsp3) is 1.00. The maximum Gasteiger partial charge on any atom is 0.0104 e. The van der Waals surface area contributed by atoms with E-state index >= 15 is 0 Å². The van der Waals surface area contributed by atoms with Gasteiger partial charge in [0.25, 0.3) is 0 Å². The van der Waals surface area contributed by atoms with Crippen LogP contribution in [0.15, 0.2) is 0 Å². The summed E-state index contributed by atoms with van der Waals surface area (Å²) in [6.07, 6.45) is 35.3. The van der Waals surface area contributed by atoms with Gasteiger partial charge in [-0.25, -0.2) is 0 Å². The Labute approximate surface area is 230 Å². The van der Waals surface area contributed by atoms with Gasteiger partial charge in [0.2, 0.25) is 0 Å². The molecule has 36 heavy (non-hydrogen) atoms. The third kappa shape index (κ3) is 11.2. The Bertz CT molecular complexity index is 549. The van der Waals surface area contributed by atoms with Crippen LogP contribution in [0.25, 0.3) is 0 Å². The number of nitrogens with zero attached hydrogens (tertiary/aromatic N) is 1. The van der Waals surface area contributed by atoms with Crippen LogP contribution in [0.1, 0.15) is 175 Å². The third-order valence-corrected chi connectivity index (χ3v) is 11.3. The van der Waals surface area contributed by atoms with Crippen molar-refractivity contribution in [2.45, 2.75) is 199 Å². The summed E-state index contributed by atoms with van der Waals surface area (Å²) in [5.74, 6) is 2.81. The monoisotopic (exact) mass is 519 g/mol. The highest BCUT2D eigenvalue weighted by molar-refractivity contribution is 7.17. The molecule has 0 N–H and O–H groups in total. The molecule has 3 fully saturated rings. The van der Waals surface area contributed by atoms with E-state index in [1.165, 1.54) is 154 Å². The summed E-state index contributed by atoms with van der Waals surface area (Å²) in [6.45, 7) is 7.63. The van der Waals surface area contributed by atoms with Crippen LogP contribution in [0.4, 0.5) is 0 Å². The summed E-state index contributed by atoms with van der Waals surface area (Å²) in [5.41, 5.74) is 0.874. The molecule has 0 bridgehead atoms. The molecular formula is C34H66NP. The second kappa shape index (κ2) is 17.9. The van der Waals surface area contributed by atoms with Crippen LogP contribution in [0, 0.1) is 17.8 Å². The topological polar surface area (TPSA) is 3.24 Å². The third-order valence-electron chi connectivity index (χ3n) is 10.6. The normalized spacial score (nSPS) is 37.8. The van der Waals surface area contributed by atoms with Crippen LogP contribution in [0.5, 0.6) is 0 Å². The van der Waals surface area contributed by atoms with Crippen LogP contribution >= 0.6 is 9.24 Å². The average Bonchev–Trinajstić information content (AvgIpc) is 2.91. The molecule has 212 valence electrons. The van der Waals surface area contributed by atoms with E-state index < -0.39 is 0 Å². The minimum Gasteiger partial charge on any atom is -0.294 e. The fourth-order valence-corrected chi connectivity index (χ4v) is 8.70. The fourth-order valence-electron chi connectivity index (χ4n) is 8.23. The van der Waals surface area contributed by atoms with Gasteiger partial charge in [0.1, 0.15) is 0 Å². The van der Waals surface area contributed by atoms with Gasteiger partial charge in [-0.1, -0.05) is 124 Å². The highest BCUT2D eigenvalue weighted by Gasteiger charge is 2.34. The Balaban J connectivity index is 1.86. The van der Waals surface area contributed by atoms with Gasteiger partial charge in [-0.15, -0.1) is 9.24 Å². The lowest BCUT2D eigenvalue weighted by atomic mass is 9.84. The Morgan fingerprint density at radius 3 is 1.75 bits per heavy atom. The molecule has 0 heterocycles. The molecule has 3 aliphatic carbocycles. The van der Waals surface area contributed by atoms with Gasteiger partial charge in [-0.2, -0.15) is 0 Å². The van der Waals surface area contributed by atoms with Crippen LogP contribution in [0.3, 0.4) is 0 Å². The number of hydrogen-bond acceptors (Lipinski definition) is 1. The summed E-state index contributed by atoms with van der Waals surface area (Å²) in [4.78, 5) is 3.30. The van der Waals surface area contributed by atoms with Gasteiger partial charge >= 0.3 is 0 Å². The van der Waals surface area contributed by atoms with Crippen molar-refractivity contribution < 1.29 is 0 Å². The zero-order chi connectivity index (χ0) is 25.6. The van der Waals surface area contributed by atoms with Gasteiger partial charge < -0.3 is 0 Å². The molecule has 3 aliphatic rings. The Kier molecular flexibility index (Phi) is 15.4. The summed E-state index contributed by atoms with van der Waals surface area (Å²) in [5, 5.41) is 0. The molecule has 0 aromatic carbocycles. The van der Waals surface area contributed by atoms with Gasteiger partial charge in [-0.3, -0.25) is 4.90 Å². The molecule has 0 aliphatic heterocycles. The molecule has 3 rings (SSSR count). The molecule has 1 nitrogen and oxygen atoms in total. The lowest BCUT2D eigenvalue weighted by molar-refractivity contribution is 0.0284.